The first-order valence-corrected chi connectivity index (χ1v) is 6.18. The molecule has 1 saturated heterocycles. The molecule has 0 bridgehead atoms. The van der Waals surface area contributed by atoms with Crippen LogP contribution in [-0.4, -0.2) is 30.1 Å². The van der Waals surface area contributed by atoms with Crippen LogP contribution in [0.2, 0.25) is 0 Å². The van der Waals surface area contributed by atoms with E-state index in [4.69, 9.17) is 0 Å². The molecule has 102 valence electrons. The first kappa shape index (κ1) is 13.4. The number of nitrogens with one attached hydrogen (secondary N) is 1. The van der Waals surface area contributed by atoms with E-state index in [-0.39, 0.29) is 16.9 Å². The number of hydrogen-bond acceptors (Lipinski definition) is 3. The summed E-state index contributed by atoms with van der Waals surface area (Å²) in [5, 5.41) is 11.9. The molecule has 1 aliphatic heterocycles. The predicted molar refractivity (Wildman–Crippen MR) is 73.7 cm³/mol. The molecule has 0 aliphatic carbocycles. The molecule has 0 atom stereocenters. The molecule has 2 rings (SSSR count). The van der Waals surface area contributed by atoms with Crippen LogP contribution in [0.25, 0.3) is 0 Å². The monoisotopic (exact) mass is 262 g/mol. The number of rotatable bonds is 3. The van der Waals surface area contributed by atoms with Gasteiger partial charge in [0, 0.05) is 25.7 Å². The van der Waals surface area contributed by atoms with Crippen molar-refractivity contribution in [3.63, 3.8) is 0 Å². The quantitative estimate of drug-likeness (QED) is 0.876. The summed E-state index contributed by atoms with van der Waals surface area (Å²) < 4.78 is 0. The van der Waals surface area contributed by atoms with Gasteiger partial charge in [0.2, 0.25) is 5.91 Å². The predicted octanol–water partition coefficient (Wildman–Crippen LogP) is 2.19. The van der Waals surface area contributed by atoms with Crippen molar-refractivity contribution in [2.75, 3.05) is 23.3 Å². The molecule has 1 heterocycles. The first-order chi connectivity index (χ1) is 8.78. The summed E-state index contributed by atoms with van der Waals surface area (Å²) in [7, 11) is 0. The summed E-state index contributed by atoms with van der Waals surface area (Å²) in [5.74, 6) is -1.19. The second kappa shape index (κ2) is 4.57. The Morgan fingerprint density at radius 2 is 1.95 bits per heavy atom. The van der Waals surface area contributed by atoms with Gasteiger partial charge in [0.05, 0.1) is 11.3 Å². The van der Waals surface area contributed by atoms with E-state index in [0.29, 0.717) is 11.4 Å². The Hall–Kier alpha value is -2.04. The van der Waals surface area contributed by atoms with Crippen molar-refractivity contribution in [1.82, 2.24) is 0 Å². The van der Waals surface area contributed by atoms with E-state index in [9.17, 15) is 14.7 Å². The van der Waals surface area contributed by atoms with E-state index in [2.05, 4.69) is 19.2 Å². The van der Waals surface area contributed by atoms with Gasteiger partial charge in [-0.3, -0.25) is 4.79 Å². The fourth-order valence-electron chi connectivity index (χ4n) is 2.42. The van der Waals surface area contributed by atoms with Crippen LogP contribution in [0.15, 0.2) is 18.2 Å². The molecule has 2 N–H and O–H groups in total. The van der Waals surface area contributed by atoms with Crippen molar-refractivity contribution in [3.8, 4) is 0 Å². The van der Waals surface area contributed by atoms with Crippen LogP contribution in [0.1, 0.15) is 31.1 Å². The summed E-state index contributed by atoms with van der Waals surface area (Å²) in [6.45, 7) is 7.37. The van der Waals surface area contributed by atoms with E-state index < -0.39 is 5.97 Å². The maximum absolute atomic E-state index is 11.3. The number of amides is 1. The number of carbonyl (C=O) groups excluding carboxylic acids is 1. The zero-order valence-electron chi connectivity index (χ0n) is 11.4. The molecular formula is C14H18N2O3. The fraction of sp³-hybridized carbons (Fsp3) is 0.429. The largest absolute Gasteiger partial charge is 0.478 e. The van der Waals surface area contributed by atoms with Crippen LogP contribution in [0, 0.1) is 5.41 Å². The van der Waals surface area contributed by atoms with E-state index in [1.54, 1.807) is 12.1 Å². The zero-order chi connectivity index (χ0) is 14.2. The Balaban J connectivity index is 2.29. The Bertz CT molecular complexity index is 529. The highest BCUT2D eigenvalue weighted by Gasteiger charge is 2.35. The van der Waals surface area contributed by atoms with Crippen LogP contribution in [-0.2, 0) is 4.79 Å². The van der Waals surface area contributed by atoms with Gasteiger partial charge in [0.1, 0.15) is 0 Å². The van der Waals surface area contributed by atoms with E-state index in [0.717, 1.165) is 13.1 Å². The number of nitrogens with zero attached hydrogens (tertiary/aromatic N) is 1. The molecule has 1 aromatic rings. The lowest BCUT2D eigenvalue weighted by Gasteiger charge is -2.47. The summed E-state index contributed by atoms with van der Waals surface area (Å²) in [4.78, 5) is 24.4. The Labute approximate surface area is 112 Å². The highest BCUT2D eigenvalue weighted by Crippen LogP contribution is 2.36. The van der Waals surface area contributed by atoms with Gasteiger partial charge in [-0.15, -0.1) is 0 Å². The summed E-state index contributed by atoms with van der Waals surface area (Å²) in [6, 6.07) is 4.99. The van der Waals surface area contributed by atoms with Crippen molar-refractivity contribution < 1.29 is 14.7 Å². The molecule has 5 nitrogen and oxygen atoms in total. The Kier molecular flexibility index (Phi) is 3.22. The van der Waals surface area contributed by atoms with Crippen molar-refractivity contribution in [2.45, 2.75) is 20.8 Å². The molecule has 0 unspecified atom stereocenters. The number of benzene rings is 1. The van der Waals surface area contributed by atoms with Crippen LogP contribution in [0.3, 0.4) is 0 Å². The number of anilines is 2. The molecule has 19 heavy (non-hydrogen) atoms. The van der Waals surface area contributed by atoms with Crippen molar-refractivity contribution in [3.05, 3.63) is 23.8 Å². The van der Waals surface area contributed by atoms with E-state index in [1.165, 1.54) is 13.0 Å². The van der Waals surface area contributed by atoms with Crippen LogP contribution in [0.5, 0.6) is 0 Å². The zero-order valence-corrected chi connectivity index (χ0v) is 11.4. The first-order valence-electron chi connectivity index (χ1n) is 6.18. The van der Waals surface area contributed by atoms with Crippen LogP contribution < -0.4 is 10.2 Å². The molecular weight excluding hydrogens is 244 g/mol. The standard InChI is InChI=1S/C14H18N2O3/c1-9(17)15-10-4-5-12(11(6-10)13(18)19)16-7-14(2,3)8-16/h4-6H,7-8H2,1-3H3,(H,15,17)(H,18,19). The third kappa shape index (κ3) is 2.86. The topological polar surface area (TPSA) is 69.6 Å². The second-order valence-electron chi connectivity index (χ2n) is 5.74. The molecule has 0 spiro atoms. The number of aromatic carboxylic acids is 1. The highest BCUT2D eigenvalue weighted by molar-refractivity contribution is 5.98. The van der Waals surface area contributed by atoms with Crippen molar-refractivity contribution in [2.24, 2.45) is 5.41 Å². The lowest BCUT2D eigenvalue weighted by atomic mass is 9.83. The molecule has 5 heteroatoms. The summed E-state index contributed by atoms with van der Waals surface area (Å²) in [5.41, 5.74) is 1.67. The number of carboxylic acids is 1. The van der Waals surface area contributed by atoms with Crippen molar-refractivity contribution in [1.29, 1.82) is 0 Å². The minimum absolute atomic E-state index is 0.214. The summed E-state index contributed by atoms with van der Waals surface area (Å²) >= 11 is 0. The minimum Gasteiger partial charge on any atom is -0.478 e. The third-order valence-corrected chi connectivity index (χ3v) is 3.13. The molecule has 1 fully saturated rings. The lowest BCUT2D eigenvalue weighted by Crippen LogP contribution is -2.53. The molecule has 0 radical (unpaired) electrons. The molecule has 0 saturated carbocycles. The number of carbonyl (C=O) groups is 2. The molecule has 0 aromatic heterocycles. The maximum Gasteiger partial charge on any atom is 0.337 e. The number of hydrogen-bond donors (Lipinski definition) is 2. The normalized spacial score (nSPS) is 16.7. The molecule has 1 amide bonds. The van der Waals surface area contributed by atoms with Gasteiger partial charge in [-0.05, 0) is 23.6 Å². The second-order valence-corrected chi connectivity index (χ2v) is 5.74. The average molecular weight is 262 g/mol. The van der Waals surface area contributed by atoms with Gasteiger partial charge in [0.15, 0.2) is 0 Å². The fourth-order valence-corrected chi connectivity index (χ4v) is 2.42. The Morgan fingerprint density at radius 1 is 1.32 bits per heavy atom. The number of carboxylic acid groups (broad SMARTS) is 1. The van der Waals surface area contributed by atoms with Gasteiger partial charge < -0.3 is 15.3 Å². The van der Waals surface area contributed by atoms with E-state index >= 15 is 0 Å². The minimum atomic E-state index is -0.980. The van der Waals surface area contributed by atoms with Gasteiger partial charge in [0.25, 0.3) is 0 Å². The van der Waals surface area contributed by atoms with Crippen LogP contribution >= 0.6 is 0 Å². The molecule has 1 aliphatic rings. The third-order valence-electron chi connectivity index (χ3n) is 3.13. The molecule has 1 aromatic carbocycles. The smallest absolute Gasteiger partial charge is 0.337 e. The SMILES string of the molecule is CC(=O)Nc1ccc(N2CC(C)(C)C2)c(C(=O)O)c1. The van der Waals surface area contributed by atoms with Crippen molar-refractivity contribution >= 4 is 23.3 Å². The van der Waals surface area contributed by atoms with Crippen LogP contribution in [0.4, 0.5) is 11.4 Å². The lowest BCUT2D eigenvalue weighted by molar-refractivity contribution is -0.114. The highest BCUT2D eigenvalue weighted by atomic mass is 16.4. The van der Waals surface area contributed by atoms with Gasteiger partial charge in [-0.2, -0.15) is 0 Å². The van der Waals surface area contributed by atoms with Gasteiger partial charge in [-0.25, -0.2) is 4.79 Å². The average Bonchev–Trinajstić information content (AvgIpc) is 2.24. The van der Waals surface area contributed by atoms with Gasteiger partial charge >= 0.3 is 5.97 Å². The Morgan fingerprint density at radius 3 is 2.42 bits per heavy atom. The van der Waals surface area contributed by atoms with E-state index in [1.807, 2.05) is 4.90 Å². The maximum atomic E-state index is 11.3. The van der Waals surface area contributed by atoms with Gasteiger partial charge in [-0.1, -0.05) is 13.8 Å². The summed E-state index contributed by atoms with van der Waals surface area (Å²) in [6.07, 6.45) is 0.